The predicted octanol–water partition coefficient (Wildman–Crippen LogP) is 3.13. The second kappa shape index (κ2) is 12.6. The molecule has 0 spiro atoms. The SMILES string of the molecule is CN.N#Cc1ccc2c(c1)C(N(CC=O)C(=O)c1cccnc1N)CC2.c1ccccc1. The van der Waals surface area contributed by atoms with Crippen LogP contribution in [0.4, 0.5) is 5.82 Å². The smallest absolute Gasteiger partial charge is 0.258 e. The van der Waals surface area contributed by atoms with Crippen LogP contribution in [0.1, 0.15) is 39.5 Å². The van der Waals surface area contributed by atoms with Crippen molar-refractivity contribution in [2.75, 3.05) is 19.3 Å². The Morgan fingerprint density at radius 1 is 1.16 bits per heavy atom. The van der Waals surface area contributed by atoms with E-state index in [0.717, 1.165) is 17.5 Å². The molecule has 2 aromatic carbocycles. The largest absolute Gasteiger partial charge is 0.383 e. The number of aldehydes is 1. The fourth-order valence-corrected chi connectivity index (χ4v) is 3.54. The molecule has 0 radical (unpaired) electrons. The Morgan fingerprint density at radius 2 is 1.81 bits per heavy atom. The molecule has 1 aliphatic rings. The van der Waals surface area contributed by atoms with Crippen molar-refractivity contribution in [3.63, 3.8) is 0 Å². The van der Waals surface area contributed by atoms with Crippen LogP contribution in [-0.4, -0.2) is 35.7 Å². The summed E-state index contributed by atoms with van der Waals surface area (Å²) in [4.78, 5) is 29.5. The number of nitrogens with two attached hydrogens (primary N) is 2. The summed E-state index contributed by atoms with van der Waals surface area (Å²) in [6.07, 6.45) is 3.73. The van der Waals surface area contributed by atoms with E-state index in [4.69, 9.17) is 11.0 Å². The lowest BCUT2D eigenvalue weighted by atomic mass is 10.0. The first-order chi connectivity index (χ1) is 15.7. The molecule has 1 aliphatic carbocycles. The van der Waals surface area contributed by atoms with Crippen molar-refractivity contribution in [1.82, 2.24) is 9.88 Å². The van der Waals surface area contributed by atoms with Crippen LogP contribution < -0.4 is 11.5 Å². The van der Waals surface area contributed by atoms with Gasteiger partial charge in [-0.1, -0.05) is 42.5 Å². The molecule has 32 heavy (non-hydrogen) atoms. The average molecular weight is 430 g/mol. The van der Waals surface area contributed by atoms with Crippen LogP contribution in [0.3, 0.4) is 0 Å². The van der Waals surface area contributed by atoms with E-state index in [-0.39, 0.29) is 29.9 Å². The van der Waals surface area contributed by atoms with Crippen molar-refractivity contribution >= 4 is 18.0 Å². The number of carbonyl (C=O) groups excluding carboxylic acids is 2. The lowest BCUT2D eigenvalue weighted by Crippen LogP contribution is -2.36. The van der Waals surface area contributed by atoms with Gasteiger partial charge in [-0.05, 0) is 55.3 Å². The first kappa shape index (κ1) is 24.3. The molecule has 1 aromatic heterocycles. The number of aryl methyl sites for hydroxylation is 1. The Hall–Kier alpha value is -4.02. The minimum atomic E-state index is -0.326. The molecule has 0 saturated carbocycles. The summed E-state index contributed by atoms with van der Waals surface area (Å²) in [6, 6.07) is 22.6. The molecule has 7 nitrogen and oxygen atoms in total. The van der Waals surface area contributed by atoms with E-state index in [1.807, 2.05) is 42.5 Å². The van der Waals surface area contributed by atoms with Crippen LogP contribution in [0, 0.1) is 11.3 Å². The van der Waals surface area contributed by atoms with Crippen LogP contribution in [0.25, 0.3) is 0 Å². The van der Waals surface area contributed by atoms with Gasteiger partial charge in [0.05, 0.1) is 29.8 Å². The van der Waals surface area contributed by atoms with Crippen LogP contribution in [0.2, 0.25) is 0 Å². The molecule has 3 aromatic rings. The van der Waals surface area contributed by atoms with Crippen molar-refractivity contribution in [1.29, 1.82) is 5.26 Å². The van der Waals surface area contributed by atoms with Crippen molar-refractivity contribution in [2.24, 2.45) is 5.73 Å². The van der Waals surface area contributed by atoms with Gasteiger partial charge in [0.25, 0.3) is 5.91 Å². The number of hydrogen-bond acceptors (Lipinski definition) is 6. The average Bonchev–Trinajstić information content (AvgIpc) is 3.28. The molecular weight excluding hydrogens is 402 g/mol. The van der Waals surface area contributed by atoms with E-state index < -0.39 is 0 Å². The number of carbonyl (C=O) groups is 2. The first-order valence-corrected chi connectivity index (χ1v) is 10.2. The molecule has 1 unspecified atom stereocenters. The number of fused-ring (bicyclic) bond motifs is 1. The number of benzene rings is 2. The predicted molar refractivity (Wildman–Crippen MR) is 125 cm³/mol. The van der Waals surface area contributed by atoms with E-state index in [9.17, 15) is 9.59 Å². The third kappa shape index (κ3) is 6.00. The third-order valence-electron chi connectivity index (χ3n) is 4.97. The van der Waals surface area contributed by atoms with E-state index in [0.29, 0.717) is 18.3 Å². The Morgan fingerprint density at radius 3 is 2.38 bits per heavy atom. The van der Waals surface area contributed by atoms with Gasteiger partial charge in [-0.2, -0.15) is 5.26 Å². The monoisotopic (exact) mass is 429 g/mol. The Bertz CT molecular complexity index is 1040. The molecular formula is C25H27N5O2. The van der Waals surface area contributed by atoms with Crippen LogP contribution in [0.5, 0.6) is 0 Å². The van der Waals surface area contributed by atoms with Crippen molar-refractivity contribution in [3.8, 4) is 6.07 Å². The molecule has 4 N–H and O–H groups in total. The van der Waals surface area contributed by atoms with Gasteiger partial charge in [0.1, 0.15) is 12.1 Å². The molecule has 1 heterocycles. The zero-order valence-corrected chi connectivity index (χ0v) is 18.0. The molecule has 1 atom stereocenters. The number of amides is 1. The summed E-state index contributed by atoms with van der Waals surface area (Å²) in [5, 5.41) is 9.11. The summed E-state index contributed by atoms with van der Waals surface area (Å²) in [5.41, 5.74) is 13.1. The highest BCUT2D eigenvalue weighted by Crippen LogP contribution is 2.37. The Balaban J connectivity index is 0.000000387. The van der Waals surface area contributed by atoms with E-state index in [2.05, 4.69) is 16.8 Å². The van der Waals surface area contributed by atoms with E-state index in [1.165, 1.54) is 18.1 Å². The summed E-state index contributed by atoms with van der Waals surface area (Å²) in [6.45, 7) is -0.0337. The number of aromatic nitrogens is 1. The van der Waals surface area contributed by atoms with Gasteiger partial charge in [0.15, 0.2) is 0 Å². The zero-order chi connectivity index (χ0) is 23.3. The number of nitrogen functional groups attached to an aromatic ring is 1. The van der Waals surface area contributed by atoms with Gasteiger partial charge < -0.3 is 21.2 Å². The Labute approximate surface area is 188 Å². The van der Waals surface area contributed by atoms with E-state index in [1.54, 1.807) is 24.3 Å². The van der Waals surface area contributed by atoms with Gasteiger partial charge in [-0.3, -0.25) is 4.79 Å². The highest BCUT2D eigenvalue weighted by molar-refractivity contribution is 5.99. The van der Waals surface area contributed by atoms with Crippen LogP contribution in [0.15, 0.2) is 72.9 Å². The number of anilines is 1. The number of nitrogens with zero attached hydrogens (tertiary/aromatic N) is 3. The number of pyridine rings is 1. The van der Waals surface area contributed by atoms with Crippen LogP contribution in [-0.2, 0) is 11.2 Å². The van der Waals surface area contributed by atoms with Gasteiger partial charge in [-0.15, -0.1) is 0 Å². The highest BCUT2D eigenvalue weighted by Gasteiger charge is 2.32. The Kier molecular flexibility index (Phi) is 9.57. The second-order valence-corrected chi connectivity index (χ2v) is 6.79. The number of rotatable bonds is 4. The molecule has 1 amide bonds. The quantitative estimate of drug-likeness (QED) is 0.614. The standard InChI is InChI=1S/C18H16N4O2.C6H6.CH5N/c19-11-12-3-4-13-5-6-16(15(13)10-12)22(8-9-23)18(24)14-2-1-7-21-17(14)20;1-2-4-6-5-3-1;1-2/h1-4,7,9-10,16H,5-6,8H2,(H2,20,21);1-6H;2H2,1H3. The van der Waals surface area contributed by atoms with Gasteiger partial charge in [-0.25, -0.2) is 4.98 Å². The fourth-order valence-electron chi connectivity index (χ4n) is 3.54. The first-order valence-electron chi connectivity index (χ1n) is 10.2. The maximum absolute atomic E-state index is 12.9. The summed E-state index contributed by atoms with van der Waals surface area (Å²) < 4.78 is 0. The minimum absolute atomic E-state index is 0.0337. The summed E-state index contributed by atoms with van der Waals surface area (Å²) >= 11 is 0. The maximum Gasteiger partial charge on any atom is 0.258 e. The van der Waals surface area contributed by atoms with Gasteiger partial charge in [0, 0.05) is 6.20 Å². The topological polar surface area (TPSA) is 126 Å². The van der Waals surface area contributed by atoms with E-state index >= 15 is 0 Å². The van der Waals surface area contributed by atoms with Crippen molar-refractivity contribution in [3.05, 3.63) is 95.2 Å². The second-order valence-electron chi connectivity index (χ2n) is 6.79. The minimum Gasteiger partial charge on any atom is -0.383 e. The molecule has 0 bridgehead atoms. The lowest BCUT2D eigenvalue weighted by Gasteiger charge is -2.28. The molecule has 0 saturated heterocycles. The fraction of sp³-hybridized carbons (Fsp3) is 0.200. The molecule has 164 valence electrons. The van der Waals surface area contributed by atoms with Crippen molar-refractivity contribution in [2.45, 2.75) is 18.9 Å². The summed E-state index contributed by atoms with van der Waals surface area (Å²) in [7, 11) is 1.50. The van der Waals surface area contributed by atoms with Crippen molar-refractivity contribution < 1.29 is 9.59 Å². The lowest BCUT2D eigenvalue weighted by molar-refractivity contribution is -0.108. The highest BCUT2D eigenvalue weighted by atomic mass is 16.2. The van der Waals surface area contributed by atoms with Gasteiger partial charge >= 0.3 is 0 Å². The molecule has 4 rings (SSSR count). The van der Waals surface area contributed by atoms with Gasteiger partial charge in [0.2, 0.25) is 0 Å². The molecule has 0 fully saturated rings. The zero-order valence-electron chi connectivity index (χ0n) is 18.0. The summed E-state index contributed by atoms with van der Waals surface area (Å²) in [5.74, 6) is -0.185. The third-order valence-corrected chi connectivity index (χ3v) is 4.97. The number of nitriles is 1. The normalized spacial score (nSPS) is 13.2. The molecule has 0 aliphatic heterocycles. The number of hydrogen-bond donors (Lipinski definition) is 2. The van der Waals surface area contributed by atoms with Crippen LogP contribution >= 0.6 is 0 Å². The maximum atomic E-state index is 12.9. The molecule has 7 heteroatoms.